The number of nitrogens with zero attached hydrogens (tertiary/aromatic N) is 2. The number of nitrogens with one attached hydrogen (secondary N) is 1. The molecule has 9 heteroatoms. The van der Waals surface area contributed by atoms with Crippen LogP contribution in [0.1, 0.15) is 16.7 Å². The highest BCUT2D eigenvalue weighted by Crippen LogP contribution is 2.23. The molecule has 0 saturated heterocycles. The van der Waals surface area contributed by atoms with Crippen molar-refractivity contribution >= 4 is 23.5 Å². The minimum Gasteiger partial charge on any atom is -0.496 e. The van der Waals surface area contributed by atoms with Crippen LogP contribution in [0.2, 0.25) is 0 Å². The molecule has 1 heterocycles. The Labute approximate surface area is 197 Å². The molecule has 1 aromatic heterocycles. The molecule has 178 valence electrons. The second-order valence-corrected chi connectivity index (χ2v) is 7.63. The molecule has 0 spiro atoms. The molecule has 9 nitrogen and oxygen atoms in total. The van der Waals surface area contributed by atoms with E-state index in [1.54, 1.807) is 13.2 Å². The van der Waals surface area contributed by atoms with E-state index in [2.05, 4.69) is 4.98 Å². The number of benzene rings is 2. The number of aromatic nitrogens is 2. The van der Waals surface area contributed by atoms with Crippen molar-refractivity contribution in [2.45, 2.75) is 20.0 Å². The van der Waals surface area contributed by atoms with Gasteiger partial charge in [-0.3, -0.25) is 24.0 Å². The molecule has 0 unspecified atom stereocenters. The number of amides is 1. The third kappa shape index (κ3) is 5.62. The first-order chi connectivity index (χ1) is 16.3. The SMILES string of the molecule is COCCn1c(N)c(N(Cc2ccccc2)C(=O)/C=C/c2cc(C)ccc2OC)c(=O)[nH]c1=O. The maximum absolute atomic E-state index is 13.4. The minimum atomic E-state index is -0.748. The normalized spacial score (nSPS) is 11.0. The first-order valence-electron chi connectivity index (χ1n) is 10.7. The Bertz CT molecular complexity index is 1290. The maximum Gasteiger partial charge on any atom is 0.330 e. The molecule has 0 saturated carbocycles. The van der Waals surface area contributed by atoms with E-state index in [-0.39, 0.29) is 31.2 Å². The fourth-order valence-corrected chi connectivity index (χ4v) is 3.51. The molecular formula is C25H28N4O5. The van der Waals surface area contributed by atoms with Crippen molar-refractivity contribution in [1.29, 1.82) is 0 Å². The van der Waals surface area contributed by atoms with Gasteiger partial charge in [-0.05, 0) is 30.7 Å². The van der Waals surface area contributed by atoms with Crippen LogP contribution in [0.4, 0.5) is 11.5 Å². The number of aryl methyl sites for hydroxylation is 1. The van der Waals surface area contributed by atoms with Gasteiger partial charge in [-0.1, -0.05) is 42.0 Å². The Morgan fingerprint density at radius 2 is 1.88 bits per heavy atom. The number of methoxy groups -OCH3 is 2. The molecule has 34 heavy (non-hydrogen) atoms. The summed E-state index contributed by atoms with van der Waals surface area (Å²) in [5, 5.41) is 0. The molecule has 0 aliphatic rings. The van der Waals surface area contributed by atoms with Crippen LogP contribution in [0.3, 0.4) is 0 Å². The number of ether oxygens (including phenoxy) is 2. The predicted octanol–water partition coefficient (Wildman–Crippen LogP) is 2.33. The number of nitrogens with two attached hydrogens (primary N) is 1. The van der Waals surface area contributed by atoms with Gasteiger partial charge in [0.1, 0.15) is 11.6 Å². The number of aromatic amines is 1. The summed E-state index contributed by atoms with van der Waals surface area (Å²) in [6.45, 7) is 2.33. The van der Waals surface area contributed by atoms with Crippen molar-refractivity contribution in [1.82, 2.24) is 9.55 Å². The lowest BCUT2D eigenvalue weighted by molar-refractivity contribution is -0.114. The van der Waals surface area contributed by atoms with Crippen molar-refractivity contribution < 1.29 is 14.3 Å². The van der Waals surface area contributed by atoms with E-state index in [0.717, 1.165) is 11.1 Å². The number of hydrogen-bond acceptors (Lipinski definition) is 6. The van der Waals surface area contributed by atoms with Crippen LogP contribution in [0.5, 0.6) is 5.75 Å². The zero-order chi connectivity index (χ0) is 24.7. The Hall–Kier alpha value is -4.11. The van der Waals surface area contributed by atoms with E-state index < -0.39 is 17.2 Å². The Morgan fingerprint density at radius 3 is 2.56 bits per heavy atom. The molecule has 0 fully saturated rings. The number of carbonyl (C=O) groups excluding carboxylic acids is 1. The van der Waals surface area contributed by atoms with E-state index in [4.69, 9.17) is 15.2 Å². The van der Waals surface area contributed by atoms with Crippen LogP contribution < -0.4 is 26.6 Å². The summed E-state index contributed by atoms with van der Waals surface area (Å²) in [4.78, 5) is 42.1. The Balaban J connectivity index is 2.08. The quantitative estimate of drug-likeness (QED) is 0.469. The van der Waals surface area contributed by atoms with Crippen molar-refractivity contribution in [2.75, 3.05) is 31.5 Å². The molecule has 0 atom stereocenters. The van der Waals surface area contributed by atoms with E-state index in [1.165, 1.54) is 22.7 Å². The molecule has 0 aliphatic carbocycles. The molecule has 0 radical (unpaired) electrons. The number of hydrogen-bond donors (Lipinski definition) is 2. The first-order valence-corrected chi connectivity index (χ1v) is 10.7. The van der Waals surface area contributed by atoms with Crippen molar-refractivity contribution in [3.63, 3.8) is 0 Å². The fraction of sp³-hybridized carbons (Fsp3) is 0.240. The van der Waals surface area contributed by atoms with E-state index in [9.17, 15) is 14.4 Å². The van der Waals surface area contributed by atoms with E-state index >= 15 is 0 Å². The summed E-state index contributed by atoms with van der Waals surface area (Å²) >= 11 is 0. The second-order valence-electron chi connectivity index (χ2n) is 7.63. The number of carbonyl (C=O) groups is 1. The largest absolute Gasteiger partial charge is 0.496 e. The maximum atomic E-state index is 13.4. The number of rotatable bonds is 9. The summed E-state index contributed by atoms with van der Waals surface area (Å²) in [7, 11) is 3.04. The topological polar surface area (TPSA) is 120 Å². The van der Waals surface area contributed by atoms with Gasteiger partial charge in [0.15, 0.2) is 5.69 Å². The summed E-state index contributed by atoms with van der Waals surface area (Å²) in [6.07, 6.45) is 2.97. The monoisotopic (exact) mass is 464 g/mol. The van der Waals surface area contributed by atoms with Gasteiger partial charge in [0, 0.05) is 18.7 Å². The number of anilines is 2. The third-order valence-corrected chi connectivity index (χ3v) is 5.24. The van der Waals surface area contributed by atoms with Gasteiger partial charge in [0.2, 0.25) is 0 Å². The van der Waals surface area contributed by atoms with Gasteiger partial charge in [-0.2, -0.15) is 0 Å². The summed E-state index contributed by atoms with van der Waals surface area (Å²) in [5.41, 5.74) is 7.21. The average molecular weight is 465 g/mol. The van der Waals surface area contributed by atoms with Gasteiger partial charge < -0.3 is 15.2 Å². The Kier molecular flexibility index (Phi) is 8.05. The highest BCUT2D eigenvalue weighted by molar-refractivity contribution is 6.05. The molecular weight excluding hydrogens is 436 g/mol. The van der Waals surface area contributed by atoms with Gasteiger partial charge in [0.25, 0.3) is 11.5 Å². The fourth-order valence-electron chi connectivity index (χ4n) is 3.51. The van der Waals surface area contributed by atoms with Gasteiger partial charge in [-0.25, -0.2) is 4.79 Å². The second kappa shape index (κ2) is 11.2. The summed E-state index contributed by atoms with van der Waals surface area (Å²) < 4.78 is 11.6. The van der Waals surface area contributed by atoms with Gasteiger partial charge in [-0.15, -0.1) is 0 Å². The highest BCUT2D eigenvalue weighted by atomic mass is 16.5. The van der Waals surface area contributed by atoms with Crippen molar-refractivity contribution in [3.05, 3.63) is 92.1 Å². The van der Waals surface area contributed by atoms with Crippen LogP contribution in [-0.2, 0) is 22.6 Å². The molecule has 3 N–H and O–H groups in total. The zero-order valence-corrected chi connectivity index (χ0v) is 19.4. The minimum absolute atomic E-state index is 0.0741. The first kappa shape index (κ1) is 24.5. The van der Waals surface area contributed by atoms with Crippen LogP contribution in [-0.4, -0.2) is 36.3 Å². The lowest BCUT2D eigenvalue weighted by Crippen LogP contribution is -2.40. The number of H-pyrrole nitrogens is 1. The van der Waals surface area contributed by atoms with Crippen LogP contribution in [0, 0.1) is 6.92 Å². The average Bonchev–Trinajstić information content (AvgIpc) is 2.82. The van der Waals surface area contributed by atoms with Gasteiger partial charge in [0.05, 0.1) is 26.8 Å². The van der Waals surface area contributed by atoms with Crippen LogP contribution in [0.15, 0.2) is 64.2 Å². The van der Waals surface area contributed by atoms with Crippen molar-refractivity contribution in [3.8, 4) is 5.75 Å². The third-order valence-electron chi connectivity index (χ3n) is 5.24. The summed E-state index contributed by atoms with van der Waals surface area (Å²) in [6, 6.07) is 14.8. The molecule has 1 amide bonds. The standard InChI is InChI=1S/C25H28N4O5/c1-17-9-11-20(34-3)19(15-17)10-12-21(30)29(16-18-7-5-4-6-8-18)22-23(26)28(13-14-33-2)25(32)27-24(22)31/h4-12,15H,13-14,16,26H2,1-3H3,(H,27,31,32)/b12-10+. The molecule has 3 aromatic rings. The highest BCUT2D eigenvalue weighted by Gasteiger charge is 2.23. The molecule has 0 bridgehead atoms. The van der Waals surface area contributed by atoms with Crippen LogP contribution in [0.25, 0.3) is 6.08 Å². The lowest BCUT2D eigenvalue weighted by Gasteiger charge is -2.23. The molecule has 3 rings (SSSR count). The number of nitrogen functional groups attached to an aromatic ring is 1. The Morgan fingerprint density at radius 1 is 1.15 bits per heavy atom. The smallest absolute Gasteiger partial charge is 0.330 e. The predicted molar refractivity (Wildman–Crippen MR) is 132 cm³/mol. The van der Waals surface area contributed by atoms with Gasteiger partial charge >= 0.3 is 5.69 Å². The lowest BCUT2D eigenvalue weighted by atomic mass is 10.1. The van der Waals surface area contributed by atoms with E-state index in [1.807, 2.05) is 55.5 Å². The van der Waals surface area contributed by atoms with Crippen molar-refractivity contribution in [2.24, 2.45) is 0 Å². The van der Waals surface area contributed by atoms with E-state index in [0.29, 0.717) is 11.3 Å². The van der Waals surface area contributed by atoms with Crippen LogP contribution >= 0.6 is 0 Å². The molecule has 2 aromatic carbocycles. The zero-order valence-electron chi connectivity index (χ0n) is 19.4. The molecule has 0 aliphatic heterocycles. The summed E-state index contributed by atoms with van der Waals surface area (Å²) in [5.74, 6) is 0.00732.